The number of aryl methyl sites for hydroxylation is 1. The average molecular weight is 319 g/mol. The molecule has 2 atom stereocenters. The summed E-state index contributed by atoms with van der Waals surface area (Å²) in [5.74, 6) is 0.818. The molecule has 0 aliphatic carbocycles. The van der Waals surface area contributed by atoms with Gasteiger partial charge in [0.25, 0.3) is 0 Å². The summed E-state index contributed by atoms with van der Waals surface area (Å²) >= 11 is 0. The van der Waals surface area contributed by atoms with Crippen molar-refractivity contribution in [2.24, 2.45) is 5.92 Å². The minimum absolute atomic E-state index is 0.210. The second kappa shape index (κ2) is 7.49. The van der Waals surface area contributed by atoms with E-state index < -0.39 is 0 Å². The molecule has 5 heteroatoms. The third-order valence-corrected chi connectivity index (χ3v) is 5.23. The highest BCUT2D eigenvalue weighted by Gasteiger charge is 2.35. The van der Waals surface area contributed by atoms with Gasteiger partial charge in [0, 0.05) is 56.5 Å². The maximum Gasteiger partial charge on any atom is 0.223 e. The van der Waals surface area contributed by atoms with Gasteiger partial charge >= 0.3 is 0 Å². The quantitative estimate of drug-likeness (QED) is 0.922. The number of hydrogen-bond donors (Lipinski definition) is 1. The van der Waals surface area contributed by atoms with Crippen molar-refractivity contribution in [3.05, 3.63) is 24.0 Å². The fourth-order valence-corrected chi connectivity index (χ4v) is 3.69. The maximum absolute atomic E-state index is 12.5. The predicted molar refractivity (Wildman–Crippen MR) is 90.2 cm³/mol. The predicted octanol–water partition coefficient (Wildman–Crippen LogP) is 1.90. The third-order valence-electron chi connectivity index (χ3n) is 5.23. The number of piperidine rings is 1. The zero-order valence-corrected chi connectivity index (χ0v) is 14.3. The van der Waals surface area contributed by atoms with Crippen LogP contribution in [0.25, 0.3) is 0 Å². The minimum atomic E-state index is 0.210. The smallest absolute Gasteiger partial charge is 0.223 e. The maximum atomic E-state index is 12.5. The minimum Gasteiger partial charge on any atom is -0.375 e. The zero-order chi connectivity index (χ0) is 16.2. The van der Waals surface area contributed by atoms with Crippen molar-refractivity contribution in [2.45, 2.75) is 45.3 Å². The van der Waals surface area contributed by atoms with Crippen LogP contribution >= 0.6 is 0 Å². The highest BCUT2D eigenvalue weighted by Crippen LogP contribution is 2.25. The van der Waals surface area contributed by atoms with E-state index in [0.717, 1.165) is 51.3 Å². The molecule has 1 amide bonds. The number of H-pyrrole nitrogens is 1. The highest BCUT2D eigenvalue weighted by atomic mass is 16.5. The zero-order valence-electron chi connectivity index (χ0n) is 14.3. The van der Waals surface area contributed by atoms with Crippen molar-refractivity contribution in [3.8, 4) is 0 Å². The van der Waals surface area contributed by atoms with Gasteiger partial charge in [0.2, 0.25) is 5.91 Å². The molecule has 128 valence electrons. The van der Waals surface area contributed by atoms with Crippen molar-refractivity contribution in [2.75, 3.05) is 32.8 Å². The van der Waals surface area contributed by atoms with Crippen LogP contribution in [0.5, 0.6) is 0 Å². The van der Waals surface area contributed by atoms with Gasteiger partial charge in [-0.1, -0.05) is 0 Å². The molecule has 2 fully saturated rings. The molecular formula is C18H29N3O2. The Hall–Kier alpha value is -1.33. The van der Waals surface area contributed by atoms with Crippen LogP contribution in [-0.2, 0) is 16.0 Å². The summed E-state index contributed by atoms with van der Waals surface area (Å²) in [6, 6.07) is 4.58. The molecule has 0 saturated carbocycles. The number of ether oxygens (including phenoxy) is 1. The lowest BCUT2D eigenvalue weighted by atomic mass is 9.92. The van der Waals surface area contributed by atoms with E-state index in [0.29, 0.717) is 18.4 Å². The molecule has 0 spiro atoms. The van der Waals surface area contributed by atoms with E-state index in [1.165, 1.54) is 0 Å². The number of rotatable bonds is 4. The number of amides is 1. The molecule has 3 rings (SSSR count). The van der Waals surface area contributed by atoms with Crippen molar-refractivity contribution in [1.82, 2.24) is 14.8 Å². The molecular weight excluding hydrogens is 290 g/mol. The van der Waals surface area contributed by atoms with Gasteiger partial charge in [-0.2, -0.15) is 0 Å². The first-order chi connectivity index (χ1) is 11.1. The molecule has 0 aromatic carbocycles. The first kappa shape index (κ1) is 16.5. The van der Waals surface area contributed by atoms with E-state index in [-0.39, 0.29) is 12.0 Å². The number of carbonyl (C=O) groups excluding carboxylic acids is 1. The molecule has 0 bridgehead atoms. The van der Waals surface area contributed by atoms with E-state index in [1.54, 1.807) is 0 Å². The Balaban J connectivity index is 1.52. The average Bonchev–Trinajstić information content (AvgIpc) is 2.96. The molecule has 5 nitrogen and oxygen atoms in total. The lowest BCUT2D eigenvalue weighted by molar-refractivity contribution is -0.136. The second-order valence-corrected chi connectivity index (χ2v) is 7.08. The fraction of sp³-hybridized carbons (Fsp3) is 0.722. The number of hydrogen-bond acceptors (Lipinski definition) is 3. The number of likely N-dealkylation sites (tertiary alicyclic amines) is 1. The normalized spacial score (nSPS) is 26.1. The van der Waals surface area contributed by atoms with E-state index in [9.17, 15) is 4.79 Å². The Morgan fingerprint density at radius 1 is 1.39 bits per heavy atom. The monoisotopic (exact) mass is 319 g/mol. The number of nitrogens with zero attached hydrogens (tertiary/aromatic N) is 2. The van der Waals surface area contributed by atoms with Crippen LogP contribution in [-0.4, -0.2) is 65.6 Å². The van der Waals surface area contributed by atoms with E-state index in [1.807, 2.05) is 23.2 Å². The topological polar surface area (TPSA) is 48.6 Å². The fourth-order valence-electron chi connectivity index (χ4n) is 3.69. The Morgan fingerprint density at radius 2 is 2.26 bits per heavy atom. The summed E-state index contributed by atoms with van der Waals surface area (Å²) < 4.78 is 6.08. The van der Waals surface area contributed by atoms with Gasteiger partial charge < -0.3 is 14.6 Å². The summed E-state index contributed by atoms with van der Waals surface area (Å²) in [5.41, 5.74) is 1.13. The van der Waals surface area contributed by atoms with Crippen molar-refractivity contribution >= 4 is 5.91 Å². The Bertz CT molecular complexity index is 500. The molecule has 0 radical (unpaired) electrons. The van der Waals surface area contributed by atoms with Gasteiger partial charge in [-0.15, -0.1) is 0 Å². The van der Waals surface area contributed by atoms with Crippen LogP contribution in [0.15, 0.2) is 18.3 Å². The summed E-state index contributed by atoms with van der Waals surface area (Å²) in [4.78, 5) is 20.2. The SMILES string of the molecule is CC(C)N1CCOC2CN(C(=O)CCc3ccc[nH]3)CCC2C1. The lowest BCUT2D eigenvalue weighted by Gasteiger charge is -2.38. The van der Waals surface area contributed by atoms with Gasteiger partial charge in [0.15, 0.2) is 0 Å². The first-order valence-corrected chi connectivity index (χ1v) is 8.89. The summed E-state index contributed by atoms with van der Waals surface area (Å²) in [6.07, 6.45) is 4.55. The largest absolute Gasteiger partial charge is 0.375 e. The molecule has 1 N–H and O–H groups in total. The standard InChI is InChI=1S/C18H29N3O2/c1-14(2)20-10-11-23-17-13-21(9-7-15(17)12-20)18(22)6-5-16-4-3-8-19-16/h3-4,8,14-15,17,19H,5-7,9-13H2,1-2H3. The van der Waals surface area contributed by atoms with Gasteiger partial charge in [-0.05, 0) is 38.8 Å². The number of carbonyl (C=O) groups is 1. The van der Waals surface area contributed by atoms with E-state index in [4.69, 9.17) is 4.74 Å². The van der Waals surface area contributed by atoms with Crippen LogP contribution in [0.2, 0.25) is 0 Å². The van der Waals surface area contributed by atoms with Crippen LogP contribution in [0, 0.1) is 5.92 Å². The molecule has 23 heavy (non-hydrogen) atoms. The Labute approximate surface area is 139 Å². The molecule has 1 aromatic heterocycles. The van der Waals surface area contributed by atoms with E-state index in [2.05, 4.69) is 23.7 Å². The molecule has 2 aliphatic rings. The number of aromatic amines is 1. The molecule has 1 aromatic rings. The van der Waals surface area contributed by atoms with E-state index >= 15 is 0 Å². The number of aromatic nitrogens is 1. The summed E-state index contributed by atoms with van der Waals surface area (Å²) in [7, 11) is 0. The van der Waals surface area contributed by atoms with Crippen LogP contribution < -0.4 is 0 Å². The summed E-state index contributed by atoms with van der Waals surface area (Å²) in [6.45, 7) is 9.03. The first-order valence-electron chi connectivity index (χ1n) is 8.89. The van der Waals surface area contributed by atoms with Crippen molar-refractivity contribution in [1.29, 1.82) is 0 Å². The molecule has 3 heterocycles. The Morgan fingerprint density at radius 3 is 3.00 bits per heavy atom. The third kappa shape index (κ3) is 4.15. The molecule has 2 unspecified atom stereocenters. The molecule has 2 aliphatic heterocycles. The van der Waals surface area contributed by atoms with Crippen LogP contribution in [0.3, 0.4) is 0 Å². The van der Waals surface area contributed by atoms with Gasteiger partial charge in [0.1, 0.15) is 0 Å². The number of fused-ring (bicyclic) bond motifs is 1. The molecule has 2 saturated heterocycles. The second-order valence-electron chi connectivity index (χ2n) is 7.08. The lowest BCUT2D eigenvalue weighted by Crippen LogP contribution is -2.49. The van der Waals surface area contributed by atoms with Crippen LogP contribution in [0.1, 0.15) is 32.4 Å². The van der Waals surface area contributed by atoms with Gasteiger partial charge in [0.05, 0.1) is 12.7 Å². The van der Waals surface area contributed by atoms with Crippen molar-refractivity contribution in [3.63, 3.8) is 0 Å². The van der Waals surface area contributed by atoms with Crippen LogP contribution in [0.4, 0.5) is 0 Å². The van der Waals surface area contributed by atoms with Gasteiger partial charge in [-0.25, -0.2) is 0 Å². The van der Waals surface area contributed by atoms with Crippen molar-refractivity contribution < 1.29 is 9.53 Å². The highest BCUT2D eigenvalue weighted by molar-refractivity contribution is 5.76. The van der Waals surface area contributed by atoms with Gasteiger partial charge in [-0.3, -0.25) is 9.69 Å². The number of nitrogens with one attached hydrogen (secondary N) is 1. The summed E-state index contributed by atoms with van der Waals surface area (Å²) in [5, 5.41) is 0. The Kier molecular flexibility index (Phi) is 5.38.